The summed E-state index contributed by atoms with van der Waals surface area (Å²) in [5.41, 5.74) is 0.312. The van der Waals surface area contributed by atoms with Gasteiger partial charge in [-0.25, -0.2) is 19.9 Å². The number of anilines is 2. The summed E-state index contributed by atoms with van der Waals surface area (Å²) in [4.78, 5) is 60.2. The van der Waals surface area contributed by atoms with Crippen molar-refractivity contribution in [3.05, 3.63) is 74.3 Å². The number of aromatic nitrogens is 5. The number of fused-ring (bicyclic) bond motifs is 1. The zero-order valence-corrected chi connectivity index (χ0v) is 25.2. The number of carbonyl (C=O) groups is 2. The number of carbonyl (C=O) groups excluding carboxylic acids is 2. The lowest BCUT2D eigenvalue weighted by molar-refractivity contribution is -0.137. The minimum absolute atomic E-state index is 0.00840. The number of aromatic hydroxyl groups is 1. The Morgan fingerprint density at radius 3 is 2.44 bits per heavy atom. The molecule has 1 aromatic carbocycles. The normalized spacial score (nSPS) is 13.8. The maximum atomic E-state index is 13.9. The van der Waals surface area contributed by atoms with E-state index in [2.05, 4.69) is 25.3 Å². The molecule has 0 aliphatic carbocycles. The minimum Gasteiger partial charge on any atom is -0.504 e. The number of aryl methyl sites for hydroxylation is 2. The van der Waals surface area contributed by atoms with Gasteiger partial charge in [-0.3, -0.25) is 14.4 Å². The highest BCUT2D eigenvalue weighted by Crippen LogP contribution is 2.34. The average molecular weight is 645 g/mol. The van der Waals surface area contributed by atoms with Crippen LogP contribution in [0.1, 0.15) is 40.1 Å². The van der Waals surface area contributed by atoms with Crippen LogP contribution in [0.5, 0.6) is 5.75 Å². The summed E-state index contributed by atoms with van der Waals surface area (Å²) in [7, 11) is 0. The standard InChI is InChI=1S/C29H28ClF3N8O4/c1-4-20-24(39-7-9-40(10-8-39)28(45)23-25(43)16(3)35-14-36-23)26(44)22-27(34-12-15(2)37-22)41(20)13-21(42)38-19-6-5-17(11-18(19)30)29(31,32)33/h5-6,11-12,14,43H,4,7-10,13H2,1-3H3,(H,38,42). The molecule has 4 aromatic rings. The van der Waals surface area contributed by atoms with Crippen LogP contribution in [-0.2, 0) is 23.9 Å². The van der Waals surface area contributed by atoms with Crippen molar-refractivity contribution in [2.45, 2.75) is 39.9 Å². The van der Waals surface area contributed by atoms with Gasteiger partial charge in [0, 0.05) is 31.9 Å². The summed E-state index contributed by atoms with van der Waals surface area (Å²) in [6, 6.07) is 2.62. The Morgan fingerprint density at radius 2 is 1.80 bits per heavy atom. The maximum Gasteiger partial charge on any atom is 0.416 e. The van der Waals surface area contributed by atoms with Gasteiger partial charge in [-0.15, -0.1) is 0 Å². The van der Waals surface area contributed by atoms with Crippen LogP contribution >= 0.6 is 11.6 Å². The molecule has 1 fully saturated rings. The lowest BCUT2D eigenvalue weighted by Crippen LogP contribution is -2.50. The van der Waals surface area contributed by atoms with E-state index < -0.39 is 23.6 Å². The van der Waals surface area contributed by atoms with Crippen LogP contribution in [0.15, 0.2) is 35.5 Å². The highest BCUT2D eigenvalue weighted by molar-refractivity contribution is 6.33. The molecule has 0 saturated carbocycles. The number of halogens is 4. The molecular weight excluding hydrogens is 617 g/mol. The quantitative estimate of drug-likeness (QED) is 0.320. The van der Waals surface area contributed by atoms with Crippen LogP contribution in [0.25, 0.3) is 11.2 Å². The Kier molecular flexibility index (Phi) is 8.65. The third-order valence-corrected chi connectivity index (χ3v) is 7.77. The van der Waals surface area contributed by atoms with Gasteiger partial charge >= 0.3 is 6.18 Å². The zero-order chi connectivity index (χ0) is 32.6. The molecule has 0 spiro atoms. The molecule has 5 rings (SSSR count). The number of amides is 2. The summed E-state index contributed by atoms with van der Waals surface area (Å²) in [5, 5.41) is 12.5. The number of piperazine rings is 1. The smallest absolute Gasteiger partial charge is 0.416 e. The minimum atomic E-state index is -4.60. The van der Waals surface area contributed by atoms with Gasteiger partial charge in [-0.2, -0.15) is 13.2 Å². The van der Waals surface area contributed by atoms with Crippen molar-refractivity contribution in [3.63, 3.8) is 0 Å². The fourth-order valence-corrected chi connectivity index (χ4v) is 5.43. The number of rotatable bonds is 6. The number of nitrogens with zero attached hydrogens (tertiary/aromatic N) is 7. The van der Waals surface area contributed by atoms with E-state index in [0.717, 1.165) is 18.2 Å². The number of alkyl halides is 3. The SMILES string of the molecule is CCc1c(N2CCN(C(=O)c3ncnc(C)c3O)CC2)c(=O)c2nc(C)cnc2n1CC(=O)Nc1ccc(C(F)(F)F)cc1Cl. The van der Waals surface area contributed by atoms with E-state index >= 15 is 0 Å². The highest BCUT2D eigenvalue weighted by atomic mass is 35.5. The van der Waals surface area contributed by atoms with Gasteiger partial charge in [0.2, 0.25) is 11.3 Å². The Morgan fingerprint density at radius 1 is 1.09 bits per heavy atom. The molecule has 1 aliphatic rings. The molecule has 0 radical (unpaired) electrons. The van der Waals surface area contributed by atoms with Gasteiger partial charge in [0.25, 0.3) is 5.91 Å². The largest absolute Gasteiger partial charge is 0.504 e. The van der Waals surface area contributed by atoms with Gasteiger partial charge in [0.05, 0.1) is 33.9 Å². The Hall–Kier alpha value is -4.79. The van der Waals surface area contributed by atoms with Crippen molar-refractivity contribution in [1.82, 2.24) is 29.4 Å². The second kappa shape index (κ2) is 12.3. The number of hydrogen-bond acceptors (Lipinski definition) is 9. The summed E-state index contributed by atoms with van der Waals surface area (Å²) in [5.74, 6) is -1.37. The van der Waals surface area contributed by atoms with Gasteiger partial charge in [-0.1, -0.05) is 18.5 Å². The van der Waals surface area contributed by atoms with E-state index in [9.17, 15) is 32.7 Å². The molecule has 45 heavy (non-hydrogen) atoms. The molecule has 0 atom stereocenters. The van der Waals surface area contributed by atoms with Crippen molar-refractivity contribution in [2.24, 2.45) is 0 Å². The number of hydrogen-bond donors (Lipinski definition) is 2. The predicted octanol–water partition coefficient (Wildman–Crippen LogP) is 3.74. The van der Waals surface area contributed by atoms with E-state index in [1.807, 2.05) is 11.8 Å². The molecule has 1 aliphatic heterocycles. The lowest BCUT2D eigenvalue weighted by atomic mass is 10.1. The van der Waals surface area contributed by atoms with Gasteiger partial charge in [0.1, 0.15) is 18.6 Å². The van der Waals surface area contributed by atoms with Crippen molar-refractivity contribution in [1.29, 1.82) is 0 Å². The molecule has 12 nitrogen and oxygen atoms in total. The molecule has 0 bridgehead atoms. The van der Waals surface area contributed by atoms with Gasteiger partial charge in [0.15, 0.2) is 22.6 Å². The van der Waals surface area contributed by atoms with E-state index in [1.54, 1.807) is 18.4 Å². The molecule has 0 unspecified atom stereocenters. The summed E-state index contributed by atoms with van der Waals surface area (Å²) < 4.78 is 40.8. The number of benzene rings is 1. The molecule has 1 saturated heterocycles. The summed E-state index contributed by atoms with van der Waals surface area (Å²) >= 11 is 6.05. The van der Waals surface area contributed by atoms with E-state index in [-0.39, 0.29) is 77.2 Å². The molecule has 3 aromatic heterocycles. The van der Waals surface area contributed by atoms with Gasteiger partial charge < -0.3 is 24.8 Å². The van der Waals surface area contributed by atoms with Crippen LogP contribution in [0.3, 0.4) is 0 Å². The van der Waals surface area contributed by atoms with Gasteiger partial charge in [-0.05, 0) is 38.5 Å². The van der Waals surface area contributed by atoms with Crippen LogP contribution < -0.4 is 15.6 Å². The Balaban J connectivity index is 1.46. The Labute approximate surface area is 259 Å². The van der Waals surface area contributed by atoms with Crippen molar-refractivity contribution < 1.29 is 27.9 Å². The predicted molar refractivity (Wildman–Crippen MR) is 160 cm³/mol. The highest BCUT2D eigenvalue weighted by Gasteiger charge is 2.32. The third-order valence-electron chi connectivity index (χ3n) is 7.46. The van der Waals surface area contributed by atoms with Crippen molar-refractivity contribution in [2.75, 3.05) is 36.4 Å². The molecule has 16 heteroatoms. The fraction of sp³-hybridized carbons (Fsp3) is 0.345. The first-order valence-electron chi connectivity index (χ1n) is 13.9. The second-order valence-corrected chi connectivity index (χ2v) is 10.8. The molecular formula is C29H28ClF3N8O4. The molecule has 236 valence electrons. The lowest BCUT2D eigenvalue weighted by Gasteiger charge is -2.37. The van der Waals surface area contributed by atoms with Crippen LogP contribution in [0, 0.1) is 13.8 Å². The maximum absolute atomic E-state index is 13.9. The first-order chi connectivity index (χ1) is 21.3. The summed E-state index contributed by atoms with van der Waals surface area (Å²) in [6.07, 6.45) is -1.61. The molecule has 2 N–H and O–H groups in total. The summed E-state index contributed by atoms with van der Waals surface area (Å²) in [6.45, 7) is 5.67. The number of pyridine rings is 1. The third kappa shape index (κ3) is 6.25. The first-order valence-corrected chi connectivity index (χ1v) is 14.3. The molecule has 4 heterocycles. The fourth-order valence-electron chi connectivity index (χ4n) is 5.21. The first kappa shape index (κ1) is 31.6. The molecule has 2 amide bonds. The topological polar surface area (TPSA) is 146 Å². The number of nitrogens with one attached hydrogen (secondary N) is 1. The second-order valence-electron chi connectivity index (χ2n) is 10.4. The Bertz CT molecular complexity index is 1870. The van der Waals surface area contributed by atoms with E-state index in [1.165, 1.54) is 17.4 Å². The van der Waals surface area contributed by atoms with E-state index in [0.29, 0.717) is 23.5 Å². The van der Waals surface area contributed by atoms with Crippen LogP contribution in [-0.4, -0.2) is 72.5 Å². The average Bonchev–Trinajstić information content (AvgIpc) is 3.00. The monoisotopic (exact) mass is 644 g/mol. The zero-order valence-electron chi connectivity index (χ0n) is 24.4. The van der Waals surface area contributed by atoms with Crippen molar-refractivity contribution in [3.8, 4) is 5.75 Å². The van der Waals surface area contributed by atoms with Crippen LogP contribution in [0.4, 0.5) is 24.5 Å². The van der Waals surface area contributed by atoms with E-state index in [4.69, 9.17) is 11.6 Å². The van der Waals surface area contributed by atoms with Crippen LogP contribution in [0.2, 0.25) is 5.02 Å². The van der Waals surface area contributed by atoms with Crippen molar-refractivity contribution >= 4 is 46.0 Å².